The highest BCUT2D eigenvalue weighted by atomic mass is 16.6. The first-order valence-corrected chi connectivity index (χ1v) is 6.77. The van der Waals surface area contributed by atoms with Gasteiger partial charge in [0, 0.05) is 26.1 Å². The van der Waals surface area contributed by atoms with Crippen molar-refractivity contribution in [1.29, 1.82) is 0 Å². The molecule has 0 aromatic rings. The third kappa shape index (κ3) is 13.1. The van der Waals surface area contributed by atoms with Crippen LogP contribution in [0.5, 0.6) is 0 Å². The molecule has 0 radical (unpaired) electrons. The van der Waals surface area contributed by atoms with Crippen molar-refractivity contribution in [2.75, 3.05) is 39.5 Å². The Morgan fingerprint density at radius 1 is 1.21 bits per heavy atom. The summed E-state index contributed by atoms with van der Waals surface area (Å²) in [5, 5.41) is 5.91. The van der Waals surface area contributed by atoms with Crippen LogP contribution in [-0.4, -0.2) is 51.3 Å². The lowest BCUT2D eigenvalue weighted by molar-refractivity contribution is -0.148. The van der Waals surface area contributed by atoms with Crippen molar-refractivity contribution < 1.29 is 19.1 Å². The number of amides is 1. The number of carbonyl (C=O) groups is 2. The van der Waals surface area contributed by atoms with Crippen molar-refractivity contribution in [3.63, 3.8) is 0 Å². The van der Waals surface area contributed by atoms with Crippen LogP contribution >= 0.6 is 0 Å². The Balaban J connectivity index is 3.26. The van der Waals surface area contributed by atoms with Gasteiger partial charge in [-0.15, -0.1) is 0 Å². The van der Waals surface area contributed by atoms with Crippen molar-refractivity contribution in [3.8, 4) is 0 Å². The van der Waals surface area contributed by atoms with E-state index >= 15 is 0 Å². The van der Waals surface area contributed by atoms with E-state index in [1.165, 1.54) is 0 Å². The average molecular weight is 274 g/mol. The van der Waals surface area contributed by atoms with Gasteiger partial charge in [-0.25, -0.2) is 4.79 Å². The molecule has 6 nitrogen and oxygen atoms in total. The summed E-state index contributed by atoms with van der Waals surface area (Å²) in [6, 6.07) is 0. The maximum Gasteiger partial charge on any atom is 0.332 e. The third-order valence-electron chi connectivity index (χ3n) is 2.18. The van der Waals surface area contributed by atoms with Gasteiger partial charge in [0.05, 0.1) is 13.2 Å². The van der Waals surface area contributed by atoms with Crippen LogP contribution in [0.1, 0.15) is 27.2 Å². The fourth-order valence-electron chi connectivity index (χ4n) is 1.24. The normalized spacial score (nSPS) is 10.5. The van der Waals surface area contributed by atoms with Gasteiger partial charge in [-0.05, 0) is 12.8 Å². The lowest BCUT2D eigenvalue weighted by atomic mass is 10.2. The van der Waals surface area contributed by atoms with Crippen molar-refractivity contribution >= 4 is 11.9 Å². The zero-order valence-corrected chi connectivity index (χ0v) is 12.2. The number of hydrogen-bond acceptors (Lipinski definition) is 5. The molecule has 0 heterocycles. The molecule has 112 valence electrons. The highest BCUT2D eigenvalue weighted by molar-refractivity contribution is 5.76. The molecule has 0 aromatic heterocycles. The topological polar surface area (TPSA) is 76.7 Å². The number of carbonyl (C=O) groups excluding carboxylic acids is 2. The summed E-state index contributed by atoms with van der Waals surface area (Å²) >= 11 is 0. The molecule has 1 amide bonds. The van der Waals surface area contributed by atoms with Gasteiger partial charge in [0.1, 0.15) is 6.61 Å². The smallest absolute Gasteiger partial charge is 0.332 e. The van der Waals surface area contributed by atoms with Gasteiger partial charge < -0.3 is 20.1 Å². The number of rotatable bonds is 11. The molecule has 0 atom stereocenters. The number of esters is 1. The van der Waals surface area contributed by atoms with Crippen LogP contribution in [0.3, 0.4) is 0 Å². The Hall–Kier alpha value is -1.14. The van der Waals surface area contributed by atoms with Gasteiger partial charge >= 0.3 is 5.97 Å². The van der Waals surface area contributed by atoms with E-state index in [4.69, 9.17) is 9.47 Å². The lowest BCUT2D eigenvalue weighted by Gasteiger charge is -2.08. The Bertz CT molecular complexity index is 257. The van der Waals surface area contributed by atoms with Crippen LogP contribution < -0.4 is 10.6 Å². The summed E-state index contributed by atoms with van der Waals surface area (Å²) in [5.74, 6) is 0.164. The van der Waals surface area contributed by atoms with Crippen molar-refractivity contribution in [2.24, 2.45) is 5.92 Å². The molecule has 0 rings (SSSR count). The monoisotopic (exact) mass is 274 g/mol. The minimum atomic E-state index is -0.351. The average Bonchev–Trinajstić information content (AvgIpc) is 2.35. The van der Waals surface area contributed by atoms with E-state index in [9.17, 15) is 9.59 Å². The second-order valence-electron chi connectivity index (χ2n) is 4.56. The summed E-state index contributed by atoms with van der Waals surface area (Å²) in [6.07, 6.45) is 0.449. The maximum absolute atomic E-state index is 11.4. The Morgan fingerprint density at radius 3 is 2.58 bits per heavy atom. The summed E-state index contributed by atoms with van der Waals surface area (Å²) in [5.41, 5.74) is 0. The number of nitrogens with one attached hydrogen (secondary N) is 2. The first kappa shape index (κ1) is 17.9. The summed E-state index contributed by atoms with van der Waals surface area (Å²) in [6.45, 7) is 8.55. The predicted octanol–water partition coefficient (Wildman–Crippen LogP) is 0.318. The van der Waals surface area contributed by atoms with E-state index in [-0.39, 0.29) is 18.5 Å². The molecule has 19 heavy (non-hydrogen) atoms. The molecule has 0 unspecified atom stereocenters. The third-order valence-corrected chi connectivity index (χ3v) is 2.18. The fraction of sp³-hybridized carbons (Fsp3) is 0.846. The maximum atomic E-state index is 11.4. The molecular weight excluding hydrogens is 248 g/mol. The highest BCUT2D eigenvalue weighted by Gasteiger charge is 2.02. The van der Waals surface area contributed by atoms with E-state index < -0.39 is 0 Å². The van der Waals surface area contributed by atoms with Crippen LogP contribution in [0.4, 0.5) is 0 Å². The second-order valence-corrected chi connectivity index (χ2v) is 4.56. The van der Waals surface area contributed by atoms with Gasteiger partial charge in [-0.3, -0.25) is 4.79 Å². The summed E-state index contributed by atoms with van der Waals surface area (Å²) in [7, 11) is 0. The van der Waals surface area contributed by atoms with E-state index in [0.29, 0.717) is 45.2 Å². The largest absolute Gasteiger partial charge is 0.464 e. The fourth-order valence-corrected chi connectivity index (χ4v) is 1.24. The van der Waals surface area contributed by atoms with Crippen LogP contribution in [0.15, 0.2) is 0 Å². The molecule has 0 fully saturated rings. The van der Waals surface area contributed by atoms with Crippen molar-refractivity contribution in [1.82, 2.24) is 10.6 Å². The first-order valence-electron chi connectivity index (χ1n) is 6.77. The Kier molecular flexibility index (Phi) is 11.2. The van der Waals surface area contributed by atoms with E-state index in [1.54, 1.807) is 6.92 Å². The molecule has 0 aliphatic heterocycles. The van der Waals surface area contributed by atoms with Crippen LogP contribution in [0.2, 0.25) is 0 Å². The van der Waals surface area contributed by atoms with E-state index in [0.717, 1.165) is 0 Å². The highest BCUT2D eigenvalue weighted by Crippen LogP contribution is 1.88. The minimum Gasteiger partial charge on any atom is -0.464 e. The molecule has 0 saturated carbocycles. The zero-order chi connectivity index (χ0) is 14.5. The number of ether oxygens (including phenoxy) is 2. The van der Waals surface area contributed by atoms with Gasteiger partial charge in [0.15, 0.2) is 0 Å². The van der Waals surface area contributed by atoms with Gasteiger partial charge in [-0.2, -0.15) is 0 Å². The summed E-state index contributed by atoms with van der Waals surface area (Å²) in [4.78, 5) is 22.3. The van der Waals surface area contributed by atoms with Crippen molar-refractivity contribution in [3.05, 3.63) is 0 Å². The molecule has 0 aromatic carbocycles. The van der Waals surface area contributed by atoms with Gasteiger partial charge in [-0.1, -0.05) is 13.8 Å². The standard InChI is InChI=1S/C13H26N2O4/c1-4-19-13(17)10-18-8-7-14-6-5-12(16)15-9-11(2)3/h11,14H,4-10H2,1-3H3,(H,15,16). The first-order chi connectivity index (χ1) is 9.06. The van der Waals surface area contributed by atoms with E-state index in [2.05, 4.69) is 24.5 Å². The lowest BCUT2D eigenvalue weighted by Crippen LogP contribution is -2.31. The zero-order valence-electron chi connectivity index (χ0n) is 12.2. The number of hydrogen-bond donors (Lipinski definition) is 2. The molecule has 0 spiro atoms. The van der Waals surface area contributed by atoms with Crippen LogP contribution in [0.25, 0.3) is 0 Å². The molecule has 0 saturated heterocycles. The Morgan fingerprint density at radius 2 is 1.95 bits per heavy atom. The van der Waals surface area contributed by atoms with Gasteiger partial charge in [0.2, 0.25) is 5.91 Å². The predicted molar refractivity (Wildman–Crippen MR) is 72.8 cm³/mol. The summed E-state index contributed by atoms with van der Waals surface area (Å²) < 4.78 is 9.81. The molecule has 6 heteroatoms. The second kappa shape index (κ2) is 11.9. The quantitative estimate of drug-likeness (QED) is 0.419. The molecule has 0 aliphatic carbocycles. The van der Waals surface area contributed by atoms with Crippen molar-refractivity contribution in [2.45, 2.75) is 27.2 Å². The SMILES string of the molecule is CCOC(=O)COCCNCCC(=O)NCC(C)C. The minimum absolute atomic E-state index is 0.0234. The molecule has 0 bridgehead atoms. The molecule has 2 N–H and O–H groups in total. The van der Waals surface area contributed by atoms with Gasteiger partial charge in [0.25, 0.3) is 0 Å². The molecule has 0 aliphatic rings. The van der Waals surface area contributed by atoms with E-state index in [1.807, 2.05) is 0 Å². The van der Waals surface area contributed by atoms with Crippen LogP contribution in [0, 0.1) is 5.92 Å². The van der Waals surface area contributed by atoms with Crippen LogP contribution in [-0.2, 0) is 19.1 Å². The molecular formula is C13H26N2O4. The Labute approximate surface area is 115 Å².